The maximum Gasteiger partial charge on any atom is 0.144 e. The van der Waals surface area contributed by atoms with E-state index in [1.165, 1.54) is 5.56 Å². The number of benzene rings is 1. The molecule has 3 nitrogen and oxygen atoms in total. The lowest BCUT2D eigenvalue weighted by Gasteiger charge is -2.17. The summed E-state index contributed by atoms with van der Waals surface area (Å²) in [6.07, 6.45) is 2.89. The van der Waals surface area contributed by atoms with Crippen molar-refractivity contribution in [3.05, 3.63) is 35.4 Å². The van der Waals surface area contributed by atoms with E-state index in [9.17, 15) is 4.55 Å². The summed E-state index contributed by atoms with van der Waals surface area (Å²) < 4.78 is 15.7. The van der Waals surface area contributed by atoms with E-state index in [1.807, 2.05) is 51.3 Å². The highest BCUT2D eigenvalue weighted by Crippen LogP contribution is 2.46. The average molecular weight is 274 g/mol. The first-order valence-electron chi connectivity index (χ1n) is 6.38. The summed E-state index contributed by atoms with van der Waals surface area (Å²) in [6.45, 7) is 5.77. The number of hydrogen-bond acceptors (Lipinski definition) is 3. The molecule has 3 atom stereocenters. The third kappa shape index (κ3) is 3.59. The highest BCUT2D eigenvalue weighted by atomic mass is 32.2. The fourth-order valence-corrected chi connectivity index (χ4v) is 2.44. The van der Waals surface area contributed by atoms with E-state index in [0.717, 1.165) is 6.42 Å². The zero-order valence-electron chi connectivity index (χ0n) is 11.5. The van der Waals surface area contributed by atoms with E-state index < -0.39 is 11.4 Å². The van der Waals surface area contributed by atoms with E-state index in [-0.39, 0.29) is 4.75 Å². The SMILES string of the molecule is CC(C)(C)[S+]([O-])N=CC1CC1c1ccc(C#N)cc1. The summed E-state index contributed by atoms with van der Waals surface area (Å²) in [4.78, 5) is 0. The molecule has 3 unspecified atom stereocenters. The molecule has 100 valence electrons. The fourth-order valence-electron chi connectivity index (χ4n) is 1.86. The van der Waals surface area contributed by atoms with Gasteiger partial charge in [-0.05, 0) is 50.8 Å². The van der Waals surface area contributed by atoms with Crippen molar-refractivity contribution >= 4 is 17.6 Å². The molecule has 0 N–H and O–H groups in total. The van der Waals surface area contributed by atoms with Crippen LogP contribution in [-0.2, 0) is 11.4 Å². The lowest BCUT2D eigenvalue weighted by molar-refractivity contribution is 0.561. The van der Waals surface area contributed by atoms with Crippen molar-refractivity contribution in [1.29, 1.82) is 5.26 Å². The second-order valence-corrected chi connectivity index (χ2v) is 7.79. The van der Waals surface area contributed by atoms with E-state index in [4.69, 9.17) is 5.26 Å². The van der Waals surface area contributed by atoms with Crippen LogP contribution in [0.15, 0.2) is 28.7 Å². The van der Waals surface area contributed by atoms with Crippen LogP contribution in [0.3, 0.4) is 0 Å². The first-order chi connectivity index (χ1) is 8.91. The Morgan fingerprint density at radius 3 is 2.53 bits per heavy atom. The van der Waals surface area contributed by atoms with Gasteiger partial charge in [-0.3, -0.25) is 0 Å². The third-order valence-electron chi connectivity index (χ3n) is 3.18. The largest absolute Gasteiger partial charge is 0.591 e. The molecule has 4 heteroatoms. The Kier molecular flexibility index (Phi) is 3.98. The fraction of sp³-hybridized carbons (Fsp3) is 0.467. The van der Waals surface area contributed by atoms with Crippen molar-refractivity contribution in [2.24, 2.45) is 10.3 Å². The van der Waals surface area contributed by atoms with Gasteiger partial charge in [0, 0.05) is 5.92 Å². The highest BCUT2D eigenvalue weighted by molar-refractivity contribution is 7.91. The first-order valence-corrected chi connectivity index (χ1v) is 7.49. The molecular formula is C15H18N2OS. The molecule has 1 aliphatic carbocycles. The van der Waals surface area contributed by atoms with Crippen LogP contribution in [-0.4, -0.2) is 15.5 Å². The summed E-state index contributed by atoms with van der Waals surface area (Å²) in [5.41, 5.74) is 1.92. The maximum absolute atomic E-state index is 11.8. The van der Waals surface area contributed by atoms with Crippen LogP contribution in [0.1, 0.15) is 44.2 Å². The van der Waals surface area contributed by atoms with Crippen molar-refractivity contribution in [2.75, 3.05) is 0 Å². The van der Waals surface area contributed by atoms with Gasteiger partial charge in [-0.25, -0.2) is 0 Å². The zero-order chi connectivity index (χ0) is 14.0. The Balaban J connectivity index is 1.94. The average Bonchev–Trinajstić information content (AvgIpc) is 3.14. The standard InChI is InChI=1S/C15H18N2OS/c1-15(2,3)19(18)17-10-13-8-14(13)12-6-4-11(9-16)5-7-12/h4-7,10,13-14H,8H2,1-3H3. The minimum Gasteiger partial charge on any atom is -0.591 e. The van der Waals surface area contributed by atoms with E-state index in [0.29, 0.717) is 17.4 Å². The van der Waals surface area contributed by atoms with Gasteiger partial charge in [0.1, 0.15) is 16.1 Å². The Morgan fingerprint density at radius 2 is 2.00 bits per heavy atom. The first kappa shape index (κ1) is 14.1. The van der Waals surface area contributed by atoms with Crippen LogP contribution >= 0.6 is 0 Å². The number of hydrogen-bond donors (Lipinski definition) is 0. The van der Waals surface area contributed by atoms with Crippen LogP contribution in [0.25, 0.3) is 0 Å². The molecule has 2 rings (SSSR count). The van der Waals surface area contributed by atoms with E-state index in [1.54, 1.807) is 0 Å². The van der Waals surface area contributed by atoms with Gasteiger partial charge < -0.3 is 4.55 Å². The summed E-state index contributed by atoms with van der Waals surface area (Å²) in [7, 11) is 0. The van der Waals surface area contributed by atoms with Gasteiger partial charge in [0.15, 0.2) is 0 Å². The van der Waals surface area contributed by atoms with Crippen molar-refractivity contribution in [3.8, 4) is 6.07 Å². The number of nitrogens with zero attached hydrogens (tertiary/aromatic N) is 2. The molecule has 0 aliphatic heterocycles. The van der Waals surface area contributed by atoms with Crippen LogP contribution < -0.4 is 0 Å². The predicted molar refractivity (Wildman–Crippen MR) is 78.4 cm³/mol. The number of nitriles is 1. The van der Waals surface area contributed by atoms with Gasteiger partial charge in [-0.2, -0.15) is 5.26 Å². The quantitative estimate of drug-likeness (QED) is 0.627. The lowest BCUT2D eigenvalue weighted by Crippen LogP contribution is -2.25. The summed E-state index contributed by atoms with van der Waals surface area (Å²) in [5.74, 6) is 0.854. The molecule has 1 fully saturated rings. The number of rotatable bonds is 3. The molecule has 19 heavy (non-hydrogen) atoms. The summed E-state index contributed by atoms with van der Waals surface area (Å²) >= 11 is -1.17. The van der Waals surface area contributed by atoms with Gasteiger partial charge in [-0.15, -0.1) is 0 Å². The van der Waals surface area contributed by atoms with Crippen LogP contribution in [0.2, 0.25) is 0 Å². The van der Waals surface area contributed by atoms with Gasteiger partial charge in [0.2, 0.25) is 0 Å². The zero-order valence-corrected chi connectivity index (χ0v) is 12.3. The molecule has 1 aromatic rings. The monoisotopic (exact) mass is 274 g/mol. The molecule has 0 radical (unpaired) electrons. The molecule has 0 amide bonds. The van der Waals surface area contributed by atoms with Gasteiger partial charge in [0.05, 0.1) is 17.8 Å². The topological polar surface area (TPSA) is 59.2 Å². The maximum atomic E-state index is 11.8. The Labute approximate surface area is 117 Å². The van der Waals surface area contributed by atoms with Crippen molar-refractivity contribution in [3.63, 3.8) is 0 Å². The molecule has 0 bridgehead atoms. The smallest absolute Gasteiger partial charge is 0.144 e. The molecule has 1 aromatic carbocycles. The molecule has 1 saturated carbocycles. The minimum absolute atomic E-state index is 0.296. The predicted octanol–water partition coefficient (Wildman–Crippen LogP) is 3.19. The third-order valence-corrected chi connectivity index (χ3v) is 4.54. The Morgan fingerprint density at radius 1 is 1.37 bits per heavy atom. The van der Waals surface area contributed by atoms with Gasteiger partial charge >= 0.3 is 0 Å². The molecule has 0 aromatic heterocycles. The second kappa shape index (κ2) is 5.36. The molecular weight excluding hydrogens is 256 g/mol. The van der Waals surface area contributed by atoms with Crippen molar-refractivity contribution in [1.82, 2.24) is 0 Å². The highest BCUT2D eigenvalue weighted by Gasteiger charge is 2.38. The van der Waals surface area contributed by atoms with Crippen LogP contribution in [0.4, 0.5) is 0 Å². The Bertz CT molecular complexity index is 510. The lowest BCUT2D eigenvalue weighted by atomic mass is 10.1. The molecule has 0 spiro atoms. The normalized spacial score (nSPS) is 24.2. The van der Waals surface area contributed by atoms with Crippen LogP contribution in [0.5, 0.6) is 0 Å². The van der Waals surface area contributed by atoms with E-state index >= 15 is 0 Å². The Hall–Kier alpha value is -1.31. The van der Waals surface area contributed by atoms with Gasteiger partial charge in [0.25, 0.3) is 0 Å². The minimum atomic E-state index is -1.17. The van der Waals surface area contributed by atoms with Crippen LogP contribution in [0, 0.1) is 17.2 Å². The summed E-state index contributed by atoms with van der Waals surface area (Å²) in [5, 5.41) is 8.75. The van der Waals surface area contributed by atoms with Crippen molar-refractivity contribution < 1.29 is 4.55 Å². The van der Waals surface area contributed by atoms with Crippen molar-refractivity contribution in [2.45, 2.75) is 37.9 Å². The second-order valence-electron chi connectivity index (χ2n) is 5.86. The molecule has 0 heterocycles. The van der Waals surface area contributed by atoms with E-state index in [2.05, 4.69) is 10.5 Å². The molecule has 1 aliphatic rings. The van der Waals surface area contributed by atoms with Gasteiger partial charge in [-0.1, -0.05) is 16.5 Å². The summed E-state index contributed by atoms with van der Waals surface area (Å²) in [6, 6.07) is 9.80. The molecule has 0 saturated heterocycles.